The third-order valence-corrected chi connectivity index (χ3v) is 4.59. The topological polar surface area (TPSA) is 46.5 Å². The second-order valence-corrected chi connectivity index (χ2v) is 7.00. The first-order chi connectivity index (χ1) is 12.9. The van der Waals surface area contributed by atoms with E-state index in [1.54, 1.807) is 13.0 Å². The average Bonchev–Trinajstić information content (AvgIpc) is 2.65. The van der Waals surface area contributed by atoms with Crippen molar-refractivity contribution in [3.05, 3.63) is 83.4 Å². The quantitative estimate of drug-likeness (QED) is 0.730. The van der Waals surface area contributed by atoms with E-state index in [1.807, 2.05) is 60.7 Å². The Morgan fingerprint density at radius 2 is 1.85 bits per heavy atom. The summed E-state index contributed by atoms with van der Waals surface area (Å²) in [6, 6.07) is 17.3. The van der Waals surface area contributed by atoms with E-state index in [1.165, 1.54) is 0 Å². The Balaban J connectivity index is 1.72. The molecule has 0 amide bonds. The fraction of sp³-hybridized carbons (Fsp3) is 0.261. The summed E-state index contributed by atoms with van der Waals surface area (Å²) in [5.41, 5.74) is 2.54. The zero-order valence-corrected chi connectivity index (χ0v) is 15.3. The summed E-state index contributed by atoms with van der Waals surface area (Å²) in [4.78, 5) is 10.7. The molecule has 2 aromatic carbocycles. The van der Waals surface area contributed by atoms with E-state index in [9.17, 15) is 9.18 Å². The molecule has 1 aliphatic rings. The van der Waals surface area contributed by atoms with Crippen molar-refractivity contribution in [2.75, 3.05) is 6.61 Å². The Kier molecular flexibility index (Phi) is 5.75. The smallest absolute Gasteiger partial charge is 0.303 e. The van der Waals surface area contributed by atoms with Crippen LogP contribution < -0.4 is 4.74 Å². The van der Waals surface area contributed by atoms with E-state index in [0.717, 1.165) is 22.3 Å². The Morgan fingerprint density at radius 3 is 2.52 bits per heavy atom. The Bertz CT molecular complexity index is 849. The summed E-state index contributed by atoms with van der Waals surface area (Å²) >= 11 is 0. The monoisotopic (exact) mass is 366 g/mol. The maximum Gasteiger partial charge on any atom is 0.303 e. The molecule has 4 heteroatoms. The molecule has 0 radical (unpaired) electrons. The van der Waals surface area contributed by atoms with E-state index in [0.29, 0.717) is 25.2 Å². The number of hydrogen-bond acceptors (Lipinski definition) is 2. The van der Waals surface area contributed by atoms with Gasteiger partial charge in [-0.3, -0.25) is 4.79 Å². The summed E-state index contributed by atoms with van der Waals surface area (Å²) in [6.45, 7) is 1.88. The molecule has 0 heterocycles. The van der Waals surface area contributed by atoms with Crippen LogP contribution in [0.4, 0.5) is 4.39 Å². The lowest BCUT2D eigenvalue weighted by Gasteiger charge is -2.25. The fourth-order valence-electron chi connectivity index (χ4n) is 3.17. The van der Waals surface area contributed by atoms with E-state index in [-0.39, 0.29) is 6.42 Å². The van der Waals surface area contributed by atoms with Gasteiger partial charge >= 0.3 is 5.97 Å². The average molecular weight is 366 g/mol. The molecule has 1 atom stereocenters. The van der Waals surface area contributed by atoms with E-state index < -0.39 is 11.6 Å². The summed E-state index contributed by atoms with van der Waals surface area (Å²) in [5, 5.41) is 8.75. The normalized spacial score (nSPS) is 19.2. The van der Waals surface area contributed by atoms with Gasteiger partial charge in [-0.15, -0.1) is 0 Å². The predicted molar refractivity (Wildman–Crippen MR) is 105 cm³/mol. The number of alkyl halides is 1. The highest BCUT2D eigenvalue weighted by atomic mass is 19.1. The molecule has 0 aliphatic heterocycles. The highest BCUT2D eigenvalue weighted by Gasteiger charge is 2.27. The minimum absolute atomic E-state index is 0.106. The van der Waals surface area contributed by atoms with Crippen molar-refractivity contribution in [2.45, 2.75) is 31.9 Å². The highest BCUT2D eigenvalue weighted by Crippen LogP contribution is 2.35. The Morgan fingerprint density at radius 1 is 1.15 bits per heavy atom. The van der Waals surface area contributed by atoms with Crippen LogP contribution in [0, 0.1) is 0 Å². The summed E-state index contributed by atoms with van der Waals surface area (Å²) in [6.07, 6.45) is 4.34. The van der Waals surface area contributed by atoms with Crippen LogP contribution in [0.15, 0.2) is 72.3 Å². The molecule has 0 saturated heterocycles. The van der Waals surface area contributed by atoms with E-state index in [4.69, 9.17) is 9.84 Å². The zero-order chi connectivity index (χ0) is 19.3. The van der Waals surface area contributed by atoms with Crippen molar-refractivity contribution in [1.29, 1.82) is 0 Å². The fourth-order valence-corrected chi connectivity index (χ4v) is 3.17. The number of aliphatic carboxylic acids is 1. The van der Waals surface area contributed by atoms with Crippen LogP contribution in [0.3, 0.4) is 0 Å². The Hall–Kier alpha value is -2.88. The lowest BCUT2D eigenvalue weighted by molar-refractivity contribution is -0.136. The zero-order valence-electron chi connectivity index (χ0n) is 15.3. The van der Waals surface area contributed by atoms with Crippen LogP contribution in [0.5, 0.6) is 5.75 Å². The molecule has 0 saturated carbocycles. The first-order valence-electron chi connectivity index (χ1n) is 9.02. The summed E-state index contributed by atoms with van der Waals surface area (Å²) < 4.78 is 20.4. The van der Waals surface area contributed by atoms with Crippen LogP contribution in [0.25, 0.3) is 5.57 Å². The molecule has 1 N–H and O–H groups in total. The highest BCUT2D eigenvalue weighted by molar-refractivity contribution is 5.78. The maximum absolute atomic E-state index is 14.5. The van der Waals surface area contributed by atoms with Crippen LogP contribution in [0.1, 0.15) is 30.9 Å². The molecule has 1 aliphatic carbocycles. The van der Waals surface area contributed by atoms with Crippen LogP contribution in [-0.4, -0.2) is 23.4 Å². The number of allylic oxidation sites excluding steroid dienone is 3. The van der Waals surface area contributed by atoms with Gasteiger partial charge in [0.2, 0.25) is 0 Å². The molecular formula is C23H23FO3. The van der Waals surface area contributed by atoms with Gasteiger partial charge in [0.15, 0.2) is 0 Å². The van der Waals surface area contributed by atoms with Gasteiger partial charge in [-0.2, -0.15) is 0 Å². The van der Waals surface area contributed by atoms with E-state index >= 15 is 0 Å². The standard InChI is InChI=1S/C23H23FO3/c1-23(24)14-13-21(18-5-3-2-4-6-18)19(15-23)16-27-20-10-7-17(8-11-20)9-12-22(25)26/h2-8,10-11,13-14H,9,12,15-16H2,1H3,(H,25,26). The number of carboxylic acid groups (broad SMARTS) is 1. The molecule has 3 rings (SSSR count). The van der Waals surface area contributed by atoms with Crippen LogP contribution in [-0.2, 0) is 11.2 Å². The van der Waals surface area contributed by atoms with Crippen molar-refractivity contribution < 1.29 is 19.0 Å². The van der Waals surface area contributed by atoms with Crippen molar-refractivity contribution in [2.24, 2.45) is 0 Å². The number of carbonyl (C=O) groups is 1. The number of hydrogen-bond donors (Lipinski definition) is 1. The predicted octanol–water partition coefficient (Wildman–Crippen LogP) is 5.22. The van der Waals surface area contributed by atoms with Gasteiger partial charge in [0.1, 0.15) is 18.0 Å². The van der Waals surface area contributed by atoms with Gasteiger partial charge in [0.25, 0.3) is 0 Å². The second kappa shape index (κ2) is 8.21. The maximum atomic E-state index is 14.5. The third kappa shape index (κ3) is 5.30. The molecule has 0 aromatic heterocycles. The Labute approximate surface area is 158 Å². The minimum Gasteiger partial charge on any atom is -0.489 e. The molecule has 0 bridgehead atoms. The molecule has 0 spiro atoms. The number of ether oxygens (including phenoxy) is 1. The lowest BCUT2D eigenvalue weighted by Crippen LogP contribution is -2.21. The van der Waals surface area contributed by atoms with Gasteiger partial charge in [0, 0.05) is 12.8 Å². The number of rotatable bonds is 7. The van der Waals surface area contributed by atoms with Crippen molar-refractivity contribution >= 4 is 11.5 Å². The largest absolute Gasteiger partial charge is 0.489 e. The summed E-state index contributed by atoms with van der Waals surface area (Å²) in [7, 11) is 0. The number of aryl methyl sites for hydroxylation is 1. The third-order valence-electron chi connectivity index (χ3n) is 4.59. The number of halogens is 1. The lowest BCUT2D eigenvalue weighted by atomic mass is 9.86. The first-order valence-corrected chi connectivity index (χ1v) is 9.02. The molecule has 27 heavy (non-hydrogen) atoms. The molecule has 0 fully saturated rings. The molecule has 2 aromatic rings. The number of benzene rings is 2. The van der Waals surface area contributed by atoms with Gasteiger partial charge in [-0.25, -0.2) is 4.39 Å². The molecule has 1 unspecified atom stereocenters. The molecular weight excluding hydrogens is 343 g/mol. The second-order valence-electron chi connectivity index (χ2n) is 7.00. The van der Waals surface area contributed by atoms with Crippen LogP contribution >= 0.6 is 0 Å². The van der Waals surface area contributed by atoms with Crippen LogP contribution in [0.2, 0.25) is 0 Å². The SMILES string of the molecule is CC1(F)C=CC(c2ccccc2)=C(COc2ccc(CCC(=O)O)cc2)C1. The molecule has 140 valence electrons. The van der Waals surface area contributed by atoms with Crippen molar-refractivity contribution in [1.82, 2.24) is 0 Å². The van der Waals surface area contributed by atoms with Gasteiger partial charge in [-0.1, -0.05) is 48.5 Å². The minimum atomic E-state index is -1.38. The van der Waals surface area contributed by atoms with E-state index in [2.05, 4.69) is 0 Å². The van der Waals surface area contributed by atoms with Crippen molar-refractivity contribution in [3.8, 4) is 5.75 Å². The number of carboxylic acids is 1. The van der Waals surface area contributed by atoms with Gasteiger partial charge in [0.05, 0.1) is 0 Å². The van der Waals surface area contributed by atoms with Crippen molar-refractivity contribution in [3.63, 3.8) is 0 Å². The van der Waals surface area contributed by atoms with Gasteiger partial charge in [-0.05, 0) is 53.8 Å². The van der Waals surface area contributed by atoms with Gasteiger partial charge < -0.3 is 9.84 Å². The molecule has 3 nitrogen and oxygen atoms in total. The summed E-state index contributed by atoms with van der Waals surface area (Å²) in [5.74, 6) is -0.126. The first kappa shape index (κ1) is 18.9.